The van der Waals surface area contributed by atoms with Crippen LogP contribution in [0.15, 0.2) is 35.2 Å². The molecule has 1 fully saturated rings. The summed E-state index contributed by atoms with van der Waals surface area (Å²) >= 11 is 0. The van der Waals surface area contributed by atoms with Crippen LogP contribution >= 0.6 is 0 Å². The summed E-state index contributed by atoms with van der Waals surface area (Å²) in [5.41, 5.74) is 6.22. The highest BCUT2D eigenvalue weighted by Gasteiger charge is 2.37. The molecule has 0 radical (unpaired) electrons. The van der Waals surface area contributed by atoms with Gasteiger partial charge >= 0.3 is 0 Å². The van der Waals surface area contributed by atoms with E-state index >= 15 is 0 Å². The minimum Gasteiger partial charge on any atom is -0.495 e. The van der Waals surface area contributed by atoms with Gasteiger partial charge in [-0.2, -0.15) is 5.26 Å². The van der Waals surface area contributed by atoms with E-state index in [1.54, 1.807) is 7.11 Å². The number of aromatic nitrogens is 1. The Kier molecular flexibility index (Phi) is 4.49. The van der Waals surface area contributed by atoms with Crippen LogP contribution in [0.1, 0.15) is 54.6 Å². The molecule has 1 unspecified atom stereocenters. The zero-order valence-corrected chi connectivity index (χ0v) is 18.4. The standard InChI is InChI=1S/C24H25N3O2S/c1-24(2)19-13-21(29-3)22(30(28)27-8-4-5-9-27)12-16(19)11-18-17-7-6-15(14-25)10-20(17)26-23(18)24/h6-7,10,12-13,26H,4-5,8-9,11H2,1-3H3. The van der Waals surface area contributed by atoms with Crippen molar-refractivity contribution in [1.82, 2.24) is 9.29 Å². The third kappa shape index (κ3) is 2.80. The van der Waals surface area contributed by atoms with Gasteiger partial charge in [-0.05, 0) is 53.8 Å². The van der Waals surface area contributed by atoms with Crippen LogP contribution in [0.4, 0.5) is 0 Å². The number of hydrogen-bond donors (Lipinski definition) is 1. The van der Waals surface area contributed by atoms with Crippen molar-refractivity contribution in [3.63, 3.8) is 0 Å². The molecule has 154 valence electrons. The number of hydrogen-bond acceptors (Lipinski definition) is 3. The molecule has 1 atom stereocenters. The van der Waals surface area contributed by atoms with E-state index in [0.717, 1.165) is 48.2 Å². The molecular weight excluding hydrogens is 394 g/mol. The van der Waals surface area contributed by atoms with Crippen molar-refractivity contribution in [1.29, 1.82) is 5.26 Å². The van der Waals surface area contributed by atoms with Crippen molar-refractivity contribution in [3.05, 3.63) is 58.3 Å². The Balaban J connectivity index is 1.67. The lowest BCUT2D eigenvalue weighted by Crippen LogP contribution is -2.28. The summed E-state index contributed by atoms with van der Waals surface area (Å²) in [6.07, 6.45) is 2.96. The van der Waals surface area contributed by atoms with Gasteiger partial charge in [-0.25, -0.2) is 8.51 Å². The zero-order valence-electron chi connectivity index (χ0n) is 17.5. The fourth-order valence-electron chi connectivity index (χ4n) is 4.99. The van der Waals surface area contributed by atoms with Crippen molar-refractivity contribution in [2.24, 2.45) is 0 Å². The molecule has 0 amide bonds. The van der Waals surface area contributed by atoms with E-state index in [9.17, 15) is 9.47 Å². The van der Waals surface area contributed by atoms with Crippen LogP contribution in [0, 0.1) is 11.3 Å². The minimum absolute atomic E-state index is 0.254. The van der Waals surface area contributed by atoms with E-state index in [0.29, 0.717) is 11.3 Å². The highest BCUT2D eigenvalue weighted by Crippen LogP contribution is 2.46. The van der Waals surface area contributed by atoms with Gasteiger partial charge in [-0.3, -0.25) is 0 Å². The second kappa shape index (κ2) is 6.97. The summed E-state index contributed by atoms with van der Waals surface area (Å²) in [7, 11) is 0.445. The first-order valence-electron chi connectivity index (χ1n) is 10.4. The molecule has 5 nitrogen and oxygen atoms in total. The fourth-order valence-corrected chi connectivity index (χ4v) is 6.41. The molecule has 0 saturated carbocycles. The summed E-state index contributed by atoms with van der Waals surface area (Å²) in [4.78, 5) is 4.35. The smallest absolute Gasteiger partial charge is 0.136 e. The van der Waals surface area contributed by atoms with E-state index in [1.807, 2.05) is 22.5 Å². The molecule has 1 saturated heterocycles. The first-order valence-corrected chi connectivity index (χ1v) is 11.5. The molecule has 1 N–H and O–H groups in total. The molecule has 2 heterocycles. The number of nitrogens with zero attached hydrogens (tertiary/aromatic N) is 2. The van der Waals surface area contributed by atoms with Gasteiger partial charge in [0.05, 0.1) is 23.6 Å². The van der Waals surface area contributed by atoms with Crippen molar-refractivity contribution in [3.8, 4) is 11.8 Å². The topological polar surface area (TPSA) is 69.1 Å². The van der Waals surface area contributed by atoms with Gasteiger partial charge in [0.25, 0.3) is 0 Å². The Morgan fingerprint density at radius 2 is 1.97 bits per heavy atom. The molecule has 5 rings (SSSR count). The Hall–Kier alpha value is -2.62. The quantitative estimate of drug-likeness (QED) is 0.684. The molecule has 1 aliphatic heterocycles. The number of benzene rings is 2. The number of fused-ring (bicyclic) bond motifs is 4. The van der Waals surface area contributed by atoms with E-state index in [4.69, 9.17) is 4.74 Å². The lowest BCUT2D eigenvalue weighted by Gasteiger charge is -2.34. The van der Waals surface area contributed by atoms with Gasteiger partial charge in [0, 0.05) is 41.5 Å². The van der Waals surface area contributed by atoms with Crippen LogP contribution < -0.4 is 4.74 Å². The van der Waals surface area contributed by atoms with Crippen molar-refractivity contribution in [2.75, 3.05) is 20.2 Å². The monoisotopic (exact) mass is 419 g/mol. The van der Waals surface area contributed by atoms with Crippen LogP contribution in [0.2, 0.25) is 0 Å². The normalized spacial score (nSPS) is 18.6. The van der Waals surface area contributed by atoms with Gasteiger partial charge in [-0.1, -0.05) is 19.9 Å². The number of methoxy groups -OCH3 is 1. The molecule has 1 aromatic heterocycles. The Bertz CT molecular complexity index is 1230. The Labute approximate surface area is 179 Å². The average molecular weight is 420 g/mol. The van der Waals surface area contributed by atoms with E-state index in [1.165, 1.54) is 22.4 Å². The third-order valence-electron chi connectivity index (χ3n) is 6.58. The second-order valence-corrected chi connectivity index (χ2v) is 10.2. The van der Waals surface area contributed by atoms with Gasteiger partial charge in [0.2, 0.25) is 0 Å². The molecule has 6 heteroatoms. The molecule has 3 aromatic rings. The van der Waals surface area contributed by atoms with Crippen molar-refractivity contribution in [2.45, 2.75) is 43.4 Å². The van der Waals surface area contributed by atoms with Crippen LogP contribution in [-0.2, 0) is 22.8 Å². The summed E-state index contributed by atoms with van der Waals surface area (Å²) in [6, 6.07) is 12.2. The second-order valence-electron chi connectivity index (χ2n) is 8.70. The Morgan fingerprint density at radius 1 is 1.20 bits per heavy atom. The number of ether oxygens (including phenoxy) is 1. The van der Waals surface area contributed by atoms with E-state index < -0.39 is 11.0 Å². The predicted molar refractivity (Wildman–Crippen MR) is 118 cm³/mol. The summed E-state index contributed by atoms with van der Waals surface area (Å²) in [5, 5.41) is 10.4. The van der Waals surface area contributed by atoms with E-state index in [-0.39, 0.29) is 5.41 Å². The van der Waals surface area contributed by atoms with Crippen LogP contribution in [0.25, 0.3) is 10.9 Å². The summed E-state index contributed by atoms with van der Waals surface area (Å²) < 4.78 is 21.0. The predicted octanol–water partition coefficient (Wildman–Crippen LogP) is 4.40. The van der Waals surface area contributed by atoms with Crippen molar-refractivity contribution < 1.29 is 8.95 Å². The number of nitrogens with one attached hydrogen (secondary N) is 1. The molecule has 30 heavy (non-hydrogen) atoms. The lowest BCUT2D eigenvalue weighted by molar-refractivity contribution is 0.399. The largest absolute Gasteiger partial charge is 0.495 e. The number of nitriles is 1. The van der Waals surface area contributed by atoms with Crippen LogP contribution in [0.3, 0.4) is 0 Å². The fraction of sp³-hybridized carbons (Fsp3) is 0.375. The highest BCUT2D eigenvalue weighted by atomic mass is 32.2. The summed E-state index contributed by atoms with van der Waals surface area (Å²) in [6.45, 7) is 6.15. The molecule has 2 aliphatic rings. The first-order chi connectivity index (χ1) is 14.4. The number of rotatable bonds is 3. The first kappa shape index (κ1) is 19.3. The van der Waals surface area contributed by atoms with Crippen LogP contribution in [-0.4, -0.2) is 33.7 Å². The molecular formula is C24H25N3O2S. The van der Waals surface area contributed by atoms with Gasteiger partial charge in [0.15, 0.2) is 0 Å². The van der Waals surface area contributed by atoms with E-state index in [2.05, 4.69) is 37.0 Å². The third-order valence-corrected chi connectivity index (χ3v) is 8.11. The average Bonchev–Trinajstić information content (AvgIpc) is 3.41. The molecule has 0 bridgehead atoms. The Morgan fingerprint density at radius 3 is 2.67 bits per heavy atom. The summed E-state index contributed by atoms with van der Waals surface area (Å²) in [5.74, 6) is 0.693. The lowest BCUT2D eigenvalue weighted by atomic mass is 9.72. The number of aromatic amines is 1. The zero-order chi connectivity index (χ0) is 21.0. The van der Waals surface area contributed by atoms with Gasteiger partial charge in [0.1, 0.15) is 16.7 Å². The van der Waals surface area contributed by atoms with Crippen LogP contribution in [0.5, 0.6) is 5.75 Å². The van der Waals surface area contributed by atoms with Gasteiger partial charge in [-0.15, -0.1) is 0 Å². The molecule has 2 aromatic carbocycles. The maximum Gasteiger partial charge on any atom is 0.136 e. The number of H-pyrrole nitrogens is 1. The molecule has 1 aliphatic carbocycles. The van der Waals surface area contributed by atoms with Gasteiger partial charge < -0.3 is 9.72 Å². The minimum atomic E-state index is -1.21. The SMILES string of the molecule is COc1cc2c(cc1S(=O)N1CCCC1)Cc1c([nH]c3cc(C#N)ccc13)C2(C)C. The highest BCUT2D eigenvalue weighted by molar-refractivity contribution is 7.82. The van der Waals surface area contributed by atoms with Crippen molar-refractivity contribution >= 4 is 21.9 Å². The molecule has 0 spiro atoms. The maximum atomic E-state index is 13.3. The maximum absolute atomic E-state index is 13.3.